The fourth-order valence-electron chi connectivity index (χ4n) is 3.37. The van der Waals surface area contributed by atoms with Crippen LogP contribution in [0, 0.1) is 0 Å². The van der Waals surface area contributed by atoms with E-state index in [2.05, 4.69) is 35.7 Å². The highest BCUT2D eigenvalue weighted by atomic mass is 16.6. The summed E-state index contributed by atoms with van der Waals surface area (Å²) in [4.78, 5) is 16.9. The van der Waals surface area contributed by atoms with Gasteiger partial charge in [0.25, 0.3) is 5.56 Å². The van der Waals surface area contributed by atoms with Crippen LogP contribution in [0.25, 0.3) is 0 Å². The van der Waals surface area contributed by atoms with E-state index in [9.17, 15) is 4.79 Å². The van der Waals surface area contributed by atoms with Crippen molar-refractivity contribution in [2.24, 2.45) is 0 Å². The summed E-state index contributed by atoms with van der Waals surface area (Å²) in [6, 6.07) is 3.48. The van der Waals surface area contributed by atoms with E-state index in [1.807, 2.05) is 6.07 Å². The first-order valence-corrected chi connectivity index (χ1v) is 9.64. The first-order chi connectivity index (χ1) is 12.4. The van der Waals surface area contributed by atoms with Crippen LogP contribution in [0.3, 0.4) is 0 Å². The molecule has 0 spiro atoms. The van der Waals surface area contributed by atoms with E-state index < -0.39 is 0 Å². The second kappa shape index (κ2) is 8.61. The van der Waals surface area contributed by atoms with Crippen molar-refractivity contribution in [2.75, 3.05) is 59.1 Å². The Morgan fingerprint density at radius 3 is 2.46 bits per heavy atom. The molecule has 1 aromatic rings. The Bertz CT molecular complexity index is 626. The van der Waals surface area contributed by atoms with Crippen LogP contribution in [0.4, 0.5) is 0 Å². The van der Waals surface area contributed by atoms with Crippen LogP contribution in [0.2, 0.25) is 0 Å². The maximum Gasteiger partial charge on any atom is 0.266 e. The van der Waals surface area contributed by atoms with Gasteiger partial charge in [0.2, 0.25) is 0 Å². The fraction of sp³-hybridized carbons (Fsp3) is 0.789. The van der Waals surface area contributed by atoms with Gasteiger partial charge in [0, 0.05) is 50.7 Å². The number of aromatic nitrogens is 2. The van der Waals surface area contributed by atoms with Crippen LogP contribution in [-0.2, 0) is 21.4 Å². The average Bonchev–Trinajstić information content (AvgIpc) is 2.62. The van der Waals surface area contributed by atoms with Crippen LogP contribution in [0.15, 0.2) is 16.9 Å². The van der Waals surface area contributed by atoms with Crippen LogP contribution >= 0.6 is 0 Å². The molecule has 1 atom stereocenters. The predicted molar refractivity (Wildman–Crippen MR) is 101 cm³/mol. The Balaban J connectivity index is 1.46. The lowest BCUT2D eigenvalue weighted by Crippen LogP contribution is -2.50. The molecule has 1 unspecified atom stereocenters. The molecular formula is C19H32N4O3. The number of ether oxygens (including phenoxy) is 2. The summed E-state index contributed by atoms with van der Waals surface area (Å²) in [6.07, 6.45) is 0.207. The highest BCUT2D eigenvalue weighted by Crippen LogP contribution is 2.18. The van der Waals surface area contributed by atoms with Gasteiger partial charge in [-0.25, -0.2) is 4.68 Å². The fourth-order valence-corrected chi connectivity index (χ4v) is 3.37. The van der Waals surface area contributed by atoms with Crippen LogP contribution in [-0.4, -0.2) is 84.8 Å². The molecule has 0 radical (unpaired) electrons. The molecule has 7 nitrogen and oxygen atoms in total. The summed E-state index contributed by atoms with van der Waals surface area (Å²) in [6.45, 7) is 15.0. The summed E-state index contributed by atoms with van der Waals surface area (Å²) in [7, 11) is 0. The zero-order valence-corrected chi connectivity index (χ0v) is 16.3. The summed E-state index contributed by atoms with van der Waals surface area (Å²) < 4.78 is 12.8. The second-order valence-corrected chi connectivity index (χ2v) is 8.24. The van der Waals surface area contributed by atoms with Crippen LogP contribution < -0.4 is 5.56 Å². The zero-order valence-electron chi connectivity index (χ0n) is 16.3. The van der Waals surface area contributed by atoms with E-state index >= 15 is 0 Å². The molecule has 2 fully saturated rings. The molecule has 0 bridgehead atoms. The van der Waals surface area contributed by atoms with Crippen molar-refractivity contribution in [1.82, 2.24) is 19.6 Å². The van der Waals surface area contributed by atoms with Crippen molar-refractivity contribution in [3.8, 4) is 0 Å². The van der Waals surface area contributed by atoms with Crippen LogP contribution in [0.5, 0.6) is 0 Å². The molecule has 0 aliphatic carbocycles. The molecule has 3 rings (SSSR count). The van der Waals surface area contributed by atoms with Gasteiger partial charge in [-0.3, -0.25) is 14.6 Å². The minimum atomic E-state index is -0.0496. The molecule has 2 saturated heterocycles. The van der Waals surface area contributed by atoms with Crippen molar-refractivity contribution < 1.29 is 9.47 Å². The van der Waals surface area contributed by atoms with E-state index in [0.29, 0.717) is 26.4 Å². The number of piperazine rings is 1. The zero-order chi connectivity index (χ0) is 18.6. The molecule has 146 valence electrons. The molecule has 3 heterocycles. The summed E-state index contributed by atoms with van der Waals surface area (Å²) in [5.41, 5.74) is 0.883. The lowest BCUT2D eigenvalue weighted by molar-refractivity contribution is -0.0999. The van der Waals surface area contributed by atoms with Gasteiger partial charge in [0.05, 0.1) is 38.2 Å². The van der Waals surface area contributed by atoms with Gasteiger partial charge in [0.1, 0.15) is 0 Å². The standard InChI is InChI=1S/C19H32N4O3/c1-19(2,3)17-4-5-18(24)23(20-17)11-10-21-6-8-22(9-7-21)14-16-15-25-12-13-26-16/h4-5,16H,6-15H2,1-3H3. The van der Waals surface area contributed by atoms with E-state index in [1.165, 1.54) is 0 Å². The Hall–Kier alpha value is -1.28. The summed E-state index contributed by atoms with van der Waals surface area (Å²) >= 11 is 0. The maximum absolute atomic E-state index is 12.1. The monoisotopic (exact) mass is 364 g/mol. The molecule has 0 amide bonds. The molecule has 7 heteroatoms. The van der Waals surface area contributed by atoms with Gasteiger partial charge in [-0.1, -0.05) is 20.8 Å². The van der Waals surface area contributed by atoms with E-state index in [4.69, 9.17) is 9.47 Å². The first-order valence-electron chi connectivity index (χ1n) is 9.64. The van der Waals surface area contributed by atoms with Crippen LogP contribution in [0.1, 0.15) is 26.5 Å². The third kappa shape index (κ3) is 5.36. The lowest BCUT2D eigenvalue weighted by atomic mass is 9.92. The third-order valence-corrected chi connectivity index (χ3v) is 5.07. The van der Waals surface area contributed by atoms with Crippen molar-refractivity contribution in [2.45, 2.75) is 38.8 Å². The highest BCUT2D eigenvalue weighted by Gasteiger charge is 2.22. The van der Waals surface area contributed by atoms with Gasteiger partial charge in [-0.05, 0) is 6.07 Å². The molecule has 1 aromatic heterocycles. The molecule has 2 aliphatic rings. The Morgan fingerprint density at radius 1 is 1.08 bits per heavy atom. The van der Waals surface area contributed by atoms with Crippen molar-refractivity contribution in [3.05, 3.63) is 28.2 Å². The molecule has 0 saturated carbocycles. The molecular weight excluding hydrogens is 332 g/mol. The second-order valence-electron chi connectivity index (χ2n) is 8.24. The molecule has 26 heavy (non-hydrogen) atoms. The van der Waals surface area contributed by atoms with Gasteiger partial charge < -0.3 is 9.47 Å². The maximum atomic E-state index is 12.1. The third-order valence-electron chi connectivity index (χ3n) is 5.07. The molecule has 0 N–H and O–H groups in total. The lowest BCUT2D eigenvalue weighted by Gasteiger charge is -2.37. The Kier molecular flexibility index (Phi) is 6.45. The SMILES string of the molecule is CC(C)(C)c1ccc(=O)n(CCN2CCN(CC3COCCO3)CC2)n1. The first kappa shape index (κ1) is 19.5. The Morgan fingerprint density at radius 2 is 1.81 bits per heavy atom. The predicted octanol–water partition coefficient (Wildman–Crippen LogP) is 0.574. The average molecular weight is 364 g/mol. The quantitative estimate of drug-likeness (QED) is 0.762. The number of hydrogen-bond donors (Lipinski definition) is 0. The summed E-state index contributed by atoms with van der Waals surface area (Å²) in [5.74, 6) is 0. The van der Waals surface area contributed by atoms with Gasteiger partial charge >= 0.3 is 0 Å². The number of hydrogen-bond acceptors (Lipinski definition) is 6. The van der Waals surface area contributed by atoms with Gasteiger partial charge in [-0.2, -0.15) is 5.10 Å². The van der Waals surface area contributed by atoms with Crippen molar-refractivity contribution in [1.29, 1.82) is 0 Å². The number of rotatable bonds is 5. The normalized spacial score (nSPS) is 23.3. The number of nitrogens with zero attached hydrogens (tertiary/aromatic N) is 4. The largest absolute Gasteiger partial charge is 0.376 e. The van der Waals surface area contributed by atoms with E-state index in [-0.39, 0.29) is 17.1 Å². The smallest absolute Gasteiger partial charge is 0.266 e. The molecule has 2 aliphatic heterocycles. The summed E-state index contributed by atoms with van der Waals surface area (Å²) in [5, 5.41) is 4.56. The Labute approximate surface area is 155 Å². The highest BCUT2D eigenvalue weighted by molar-refractivity contribution is 5.10. The minimum Gasteiger partial charge on any atom is -0.376 e. The van der Waals surface area contributed by atoms with E-state index in [0.717, 1.165) is 45.0 Å². The van der Waals surface area contributed by atoms with Gasteiger partial charge in [-0.15, -0.1) is 0 Å². The van der Waals surface area contributed by atoms with Crippen molar-refractivity contribution in [3.63, 3.8) is 0 Å². The van der Waals surface area contributed by atoms with E-state index in [1.54, 1.807) is 10.7 Å². The minimum absolute atomic E-state index is 0.0221. The van der Waals surface area contributed by atoms with Gasteiger partial charge in [0.15, 0.2) is 0 Å². The topological polar surface area (TPSA) is 59.8 Å². The van der Waals surface area contributed by atoms with Crippen molar-refractivity contribution >= 4 is 0 Å². The molecule has 0 aromatic carbocycles.